The molecule has 3 aromatic rings. The fourth-order valence-corrected chi connectivity index (χ4v) is 3.97. The van der Waals surface area contributed by atoms with Gasteiger partial charge in [0.15, 0.2) is 0 Å². The lowest BCUT2D eigenvalue weighted by molar-refractivity contribution is 0.411. The first-order valence-corrected chi connectivity index (χ1v) is 10.4. The Hall–Kier alpha value is -2.97. The first-order valence-electron chi connectivity index (χ1n) is 8.91. The van der Waals surface area contributed by atoms with Crippen molar-refractivity contribution in [2.24, 2.45) is 0 Å². The Morgan fingerprint density at radius 2 is 1.59 bits per heavy atom. The van der Waals surface area contributed by atoms with Gasteiger partial charge in [0, 0.05) is 24.8 Å². The van der Waals surface area contributed by atoms with Crippen LogP contribution in [-0.4, -0.2) is 26.6 Å². The maximum Gasteiger partial charge on any atom is 0.254 e. The fraction of sp³-hybridized carbons (Fsp3) is 0.190. The second-order valence-electron chi connectivity index (χ2n) is 6.46. The lowest BCUT2D eigenvalue weighted by atomic mass is 10.1. The second-order valence-corrected chi connectivity index (χ2v) is 8.22. The predicted molar refractivity (Wildman–Crippen MR) is 109 cm³/mol. The molecule has 29 heavy (non-hydrogen) atoms. The van der Waals surface area contributed by atoms with Crippen molar-refractivity contribution in [1.29, 1.82) is 0 Å². The molecule has 0 saturated heterocycles. The maximum atomic E-state index is 13.0. The molecule has 0 aliphatic carbocycles. The SMILES string of the molecule is COc1cc(C)n(CCNS(=O)(=O)c2ccc(-c3ccc(F)cc3)cc2)c(=O)c1. The molecule has 8 heteroatoms. The van der Waals surface area contributed by atoms with E-state index in [2.05, 4.69) is 4.72 Å². The van der Waals surface area contributed by atoms with Crippen LogP contribution in [0.5, 0.6) is 5.75 Å². The number of rotatable bonds is 7. The zero-order valence-corrected chi connectivity index (χ0v) is 16.9. The Morgan fingerprint density at radius 3 is 2.14 bits per heavy atom. The predicted octanol–water partition coefficient (Wildman–Crippen LogP) is 2.95. The van der Waals surface area contributed by atoms with Crippen molar-refractivity contribution >= 4 is 10.0 Å². The summed E-state index contributed by atoms with van der Waals surface area (Å²) in [6, 6.07) is 15.4. The average molecular weight is 416 g/mol. The Labute approximate surface area is 168 Å². The van der Waals surface area contributed by atoms with E-state index in [1.807, 2.05) is 0 Å². The molecule has 0 saturated carbocycles. The number of aryl methyl sites for hydroxylation is 1. The Balaban J connectivity index is 1.68. The van der Waals surface area contributed by atoms with Gasteiger partial charge in [-0.3, -0.25) is 4.79 Å². The second kappa shape index (κ2) is 8.59. The van der Waals surface area contributed by atoms with Gasteiger partial charge >= 0.3 is 0 Å². The van der Waals surface area contributed by atoms with Crippen LogP contribution in [0.3, 0.4) is 0 Å². The van der Waals surface area contributed by atoms with Gasteiger partial charge in [-0.2, -0.15) is 0 Å². The molecule has 2 aromatic carbocycles. The highest BCUT2D eigenvalue weighted by Crippen LogP contribution is 2.21. The van der Waals surface area contributed by atoms with Crippen LogP contribution in [0.1, 0.15) is 5.69 Å². The number of benzene rings is 2. The number of pyridine rings is 1. The molecule has 6 nitrogen and oxygen atoms in total. The van der Waals surface area contributed by atoms with E-state index >= 15 is 0 Å². The van der Waals surface area contributed by atoms with Crippen LogP contribution < -0.4 is 15.0 Å². The summed E-state index contributed by atoms with van der Waals surface area (Å²) in [6.07, 6.45) is 0. The van der Waals surface area contributed by atoms with Crippen molar-refractivity contribution in [3.8, 4) is 16.9 Å². The largest absolute Gasteiger partial charge is 0.496 e. The molecule has 0 bridgehead atoms. The number of halogens is 1. The zero-order chi connectivity index (χ0) is 21.0. The Morgan fingerprint density at radius 1 is 1.00 bits per heavy atom. The third-order valence-corrected chi connectivity index (χ3v) is 5.99. The number of ether oxygens (including phenoxy) is 1. The molecule has 152 valence electrons. The number of nitrogens with one attached hydrogen (secondary N) is 1. The van der Waals surface area contributed by atoms with Crippen LogP contribution in [0.25, 0.3) is 11.1 Å². The summed E-state index contributed by atoms with van der Waals surface area (Å²) in [7, 11) is -2.24. The van der Waals surface area contributed by atoms with Crippen LogP contribution in [0, 0.1) is 12.7 Å². The van der Waals surface area contributed by atoms with Gasteiger partial charge in [0.25, 0.3) is 5.56 Å². The normalized spacial score (nSPS) is 11.4. The first-order chi connectivity index (χ1) is 13.8. The number of hydrogen-bond donors (Lipinski definition) is 1. The standard InChI is InChI=1S/C21H21FN2O4S/c1-15-13-19(28-2)14-21(25)24(15)12-11-23-29(26,27)20-9-5-17(6-10-20)16-3-7-18(22)8-4-16/h3-10,13-14,23H,11-12H2,1-2H3. The molecule has 0 amide bonds. The van der Waals surface area contributed by atoms with Crippen molar-refractivity contribution in [2.75, 3.05) is 13.7 Å². The van der Waals surface area contributed by atoms with Gasteiger partial charge in [-0.05, 0) is 48.4 Å². The van der Waals surface area contributed by atoms with Crippen LogP contribution in [0.4, 0.5) is 4.39 Å². The van der Waals surface area contributed by atoms with E-state index in [0.717, 1.165) is 11.1 Å². The number of hydrogen-bond acceptors (Lipinski definition) is 4. The Kier molecular flexibility index (Phi) is 6.14. The van der Waals surface area contributed by atoms with Gasteiger partial charge < -0.3 is 9.30 Å². The van der Waals surface area contributed by atoms with Crippen molar-refractivity contribution in [1.82, 2.24) is 9.29 Å². The molecule has 0 aliphatic rings. The summed E-state index contributed by atoms with van der Waals surface area (Å²) in [5, 5.41) is 0. The van der Waals surface area contributed by atoms with Crippen molar-refractivity contribution in [3.63, 3.8) is 0 Å². The smallest absolute Gasteiger partial charge is 0.254 e. The molecule has 1 N–H and O–H groups in total. The molecule has 0 atom stereocenters. The van der Waals surface area contributed by atoms with Crippen LogP contribution in [0.2, 0.25) is 0 Å². The molecule has 1 heterocycles. The van der Waals surface area contributed by atoms with E-state index in [1.165, 1.54) is 42.0 Å². The minimum Gasteiger partial charge on any atom is -0.496 e. The van der Waals surface area contributed by atoms with Crippen molar-refractivity contribution in [2.45, 2.75) is 18.4 Å². The van der Waals surface area contributed by atoms with Gasteiger partial charge in [0.05, 0.1) is 12.0 Å². The van der Waals surface area contributed by atoms with Crippen LogP contribution in [-0.2, 0) is 16.6 Å². The number of sulfonamides is 1. The molecular weight excluding hydrogens is 395 g/mol. The molecule has 0 spiro atoms. The van der Waals surface area contributed by atoms with E-state index in [1.54, 1.807) is 37.3 Å². The molecule has 0 fully saturated rings. The maximum absolute atomic E-state index is 13.0. The number of methoxy groups -OCH3 is 1. The Bertz CT molecular complexity index is 1150. The minimum atomic E-state index is -3.72. The summed E-state index contributed by atoms with van der Waals surface area (Å²) in [6.45, 7) is 2.02. The molecular formula is C21H21FN2O4S. The zero-order valence-electron chi connectivity index (χ0n) is 16.1. The lowest BCUT2D eigenvalue weighted by Gasteiger charge is -2.12. The molecule has 3 rings (SSSR count). The third-order valence-electron chi connectivity index (χ3n) is 4.51. The highest BCUT2D eigenvalue weighted by atomic mass is 32.2. The number of nitrogens with zero attached hydrogens (tertiary/aromatic N) is 1. The van der Waals surface area contributed by atoms with Gasteiger partial charge in [0.1, 0.15) is 11.6 Å². The van der Waals surface area contributed by atoms with Crippen molar-refractivity contribution in [3.05, 3.63) is 82.5 Å². The molecule has 0 unspecified atom stereocenters. The van der Waals surface area contributed by atoms with Gasteiger partial charge in [-0.1, -0.05) is 24.3 Å². The number of aromatic nitrogens is 1. The first kappa shape index (κ1) is 20.8. The quantitative estimate of drug-likeness (QED) is 0.642. The van der Waals surface area contributed by atoms with E-state index in [4.69, 9.17) is 4.74 Å². The highest BCUT2D eigenvalue weighted by molar-refractivity contribution is 7.89. The highest BCUT2D eigenvalue weighted by Gasteiger charge is 2.14. The van der Waals surface area contributed by atoms with Crippen molar-refractivity contribution < 1.29 is 17.5 Å². The average Bonchev–Trinajstić information content (AvgIpc) is 2.70. The summed E-state index contributed by atoms with van der Waals surface area (Å²) < 4.78 is 47.1. The summed E-state index contributed by atoms with van der Waals surface area (Å²) in [5.41, 5.74) is 1.99. The van der Waals surface area contributed by atoms with E-state index in [0.29, 0.717) is 11.4 Å². The monoisotopic (exact) mass is 416 g/mol. The van der Waals surface area contributed by atoms with E-state index in [-0.39, 0.29) is 29.4 Å². The molecule has 0 radical (unpaired) electrons. The minimum absolute atomic E-state index is 0.0646. The van der Waals surface area contributed by atoms with Crippen LogP contribution >= 0.6 is 0 Å². The topological polar surface area (TPSA) is 77.4 Å². The summed E-state index contributed by atoms with van der Waals surface area (Å²) >= 11 is 0. The molecule has 1 aromatic heterocycles. The fourth-order valence-electron chi connectivity index (χ4n) is 2.95. The van der Waals surface area contributed by atoms with Gasteiger partial charge in [-0.15, -0.1) is 0 Å². The lowest BCUT2D eigenvalue weighted by Crippen LogP contribution is -2.31. The summed E-state index contributed by atoms with van der Waals surface area (Å²) in [5.74, 6) is 0.133. The summed E-state index contributed by atoms with van der Waals surface area (Å²) in [4.78, 5) is 12.2. The van der Waals surface area contributed by atoms with E-state index < -0.39 is 10.0 Å². The van der Waals surface area contributed by atoms with E-state index in [9.17, 15) is 17.6 Å². The molecule has 0 aliphatic heterocycles. The van der Waals surface area contributed by atoms with Gasteiger partial charge in [0.2, 0.25) is 10.0 Å². The third kappa shape index (κ3) is 4.90. The van der Waals surface area contributed by atoms with Gasteiger partial charge in [-0.25, -0.2) is 17.5 Å². The van der Waals surface area contributed by atoms with Crippen LogP contribution in [0.15, 0.2) is 70.4 Å².